The van der Waals surface area contributed by atoms with E-state index < -0.39 is 30.2 Å². The summed E-state index contributed by atoms with van der Waals surface area (Å²) < 4.78 is 14.2. The summed E-state index contributed by atoms with van der Waals surface area (Å²) in [5.74, 6) is -2.13. The van der Waals surface area contributed by atoms with Gasteiger partial charge in [-0.1, -0.05) is 15.9 Å². The van der Waals surface area contributed by atoms with Crippen molar-refractivity contribution in [1.29, 1.82) is 0 Å². The average molecular weight is 333 g/mol. The lowest BCUT2D eigenvalue weighted by Gasteiger charge is -2.21. The van der Waals surface area contributed by atoms with Crippen molar-refractivity contribution in [2.24, 2.45) is 5.73 Å². The number of halogens is 2. The molecular formula is C12H14BrFN2O3. The minimum absolute atomic E-state index is 0.0252. The predicted octanol–water partition coefficient (Wildman–Crippen LogP) is 1.35. The SMILES string of the molecule is CN(Cc1cc(Br)ccc1F)C(=O)C(N)CC(=O)O. The number of aliphatic carboxylic acids is 1. The molecule has 104 valence electrons. The van der Waals surface area contributed by atoms with E-state index in [0.717, 1.165) is 0 Å². The van der Waals surface area contributed by atoms with Gasteiger partial charge in [0.1, 0.15) is 5.82 Å². The van der Waals surface area contributed by atoms with Crippen LogP contribution in [0, 0.1) is 5.82 Å². The van der Waals surface area contributed by atoms with E-state index in [9.17, 15) is 14.0 Å². The molecule has 0 saturated heterocycles. The highest BCUT2D eigenvalue weighted by molar-refractivity contribution is 9.10. The Morgan fingerprint density at radius 3 is 2.74 bits per heavy atom. The van der Waals surface area contributed by atoms with Crippen LogP contribution in [0.4, 0.5) is 4.39 Å². The summed E-state index contributed by atoms with van der Waals surface area (Å²) in [6.07, 6.45) is -0.454. The van der Waals surface area contributed by atoms with Gasteiger partial charge in [0.05, 0.1) is 12.5 Å². The summed E-state index contributed by atoms with van der Waals surface area (Å²) >= 11 is 3.21. The first kappa shape index (κ1) is 15.6. The van der Waals surface area contributed by atoms with E-state index in [1.54, 1.807) is 12.1 Å². The maximum atomic E-state index is 13.5. The van der Waals surface area contributed by atoms with E-state index in [4.69, 9.17) is 10.8 Å². The van der Waals surface area contributed by atoms with Crippen molar-refractivity contribution in [3.8, 4) is 0 Å². The second-order valence-corrected chi connectivity index (χ2v) is 5.05. The smallest absolute Gasteiger partial charge is 0.305 e. The zero-order valence-electron chi connectivity index (χ0n) is 10.3. The number of rotatable bonds is 5. The Bertz CT molecular complexity index is 496. The Hall–Kier alpha value is -1.47. The Morgan fingerprint density at radius 1 is 1.53 bits per heavy atom. The first-order valence-corrected chi connectivity index (χ1v) is 6.27. The molecule has 0 aliphatic carbocycles. The minimum atomic E-state index is -1.15. The van der Waals surface area contributed by atoms with E-state index in [-0.39, 0.29) is 6.54 Å². The summed E-state index contributed by atoms with van der Waals surface area (Å²) in [5, 5.41) is 8.57. The molecule has 1 aromatic rings. The van der Waals surface area contributed by atoms with Crippen LogP contribution in [0.25, 0.3) is 0 Å². The molecule has 0 bridgehead atoms. The number of likely N-dealkylation sites (N-methyl/N-ethyl adjacent to an activating group) is 1. The first-order valence-electron chi connectivity index (χ1n) is 5.47. The lowest BCUT2D eigenvalue weighted by molar-refractivity contribution is -0.141. The van der Waals surface area contributed by atoms with E-state index in [2.05, 4.69) is 15.9 Å². The van der Waals surface area contributed by atoms with Gasteiger partial charge in [-0.3, -0.25) is 9.59 Å². The molecule has 0 radical (unpaired) electrons. The second kappa shape index (κ2) is 6.63. The molecule has 1 unspecified atom stereocenters. The highest BCUT2D eigenvalue weighted by Gasteiger charge is 2.21. The molecule has 1 amide bonds. The van der Waals surface area contributed by atoms with E-state index in [1.165, 1.54) is 18.0 Å². The number of nitrogens with two attached hydrogens (primary N) is 1. The van der Waals surface area contributed by atoms with Crippen LogP contribution in [0.1, 0.15) is 12.0 Å². The van der Waals surface area contributed by atoms with Gasteiger partial charge in [0.25, 0.3) is 0 Å². The van der Waals surface area contributed by atoms with Gasteiger partial charge in [-0.05, 0) is 18.2 Å². The molecule has 1 rings (SSSR count). The molecule has 5 nitrogen and oxygen atoms in total. The van der Waals surface area contributed by atoms with Gasteiger partial charge < -0.3 is 15.7 Å². The van der Waals surface area contributed by atoms with E-state index in [1.807, 2.05) is 0 Å². The second-order valence-electron chi connectivity index (χ2n) is 4.13. The van der Waals surface area contributed by atoms with Gasteiger partial charge in [-0.2, -0.15) is 0 Å². The Morgan fingerprint density at radius 2 is 2.16 bits per heavy atom. The Balaban J connectivity index is 2.73. The summed E-state index contributed by atoms with van der Waals surface area (Å²) in [5.41, 5.74) is 5.79. The maximum absolute atomic E-state index is 13.5. The van der Waals surface area contributed by atoms with Gasteiger partial charge in [-0.25, -0.2) is 4.39 Å². The number of carboxylic acid groups (broad SMARTS) is 1. The molecular weight excluding hydrogens is 319 g/mol. The third-order valence-electron chi connectivity index (χ3n) is 2.50. The summed E-state index contributed by atoms with van der Waals surface area (Å²) in [6.45, 7) is 0.0252. The lowest BCUT2D eigenvalue weighted by atomic mass is 10.1. The van der Waals surface area contributed by atoms with Crippen LogP contribution in [0.5, 0.6) is 0 Å². The number of carbonyl (C=O) groups excluding carboxylic acids is 1. The van der Waals surface area contributed by atoms with E-state index in [0.29, 0.717) is 10.0 Å². The molecule has 0 spiro atoms. The van der Waals surface area contributed by atoms with Crippen molar-refractivity contribution in [3.63, 3.8) is 0 Å². The number of carbonyl (C=O) groups is 2. The fraction of sp³-hybridized carbons (Fsp3) is 0.333. The zero-order chi connectivity index (χ0) is 14.6. The Kier molecular flexibility index (Phi) is 5.44. The third kappa shape index (κ3) is 4.60. The van der Waals surface area contributed by atoms with Gasteiger partial charge in [-0.15, -0.1) is 0 Å². The minimum Gasteiger partial charge on any atom is -0.481 e. The molecule has 0 aromatic heterocycles. The number of hydrogen-bond donors (Lipinski definition) is 2. The zero-order valence-corrected chi connectivity index (χ0v) is 11.9. The summed E-state index contributed by atoms with van der Waals surface area (Å²) in [4.78, 5) is 23.5. The van der Waals surface area contributed by atoms with Crippen molar-refractivity contribution in [2.75, 3.05) is 7.05 Å². The highest BCUT2D eigenvalue weighted by atomic mass is 79.9. The number of amides is 1. The normalized spacial score (nSPS) is 12.0. The average Bonchev–Trinajstić information content (AvgIpc) is 2.31. The number of hydrogen-bond acceptors (Lipinski definition) is 3. The van der Waals surface area contributed by atoms with Gasteiger partial charge in [0, 0.05) is 23.6 Å². The molecule has 0 saturated carbocycles. The molecule has 19 heavy (non-hydrogen) atoms. The molecule has 7 heteroatoms. The highest BCUT2D eigenvalue weighted by Crippen LogP contribution is 2.17. The molecule has 0 aliphatic heterocycles. The van der Waals surface area contributed by atoms with Gasteiger partial charge in [0.15, 0.2) is 0 Å². The lowest BCUT2D eigenvalue weighted by Crippen LogP contribution is -2.42. The largest absolute Gasteiger partial charge is 0.481 e. The van der Waals surface area contributed by atoms with Crippen LogP contribution in [-0.2, 0) is 16.1 Å². The topological polar surface area (TPSA) is 83.6 Å². The molecule has 1 aromatic carbocycles. The monoisotopic (exact) mass is 332 g/mol. The van der Waals surface area contributed by atoms with Gasteiger partial charge in [0.2, 0.25) is 5.91 Å². The van der Waals surface area contributed by atoms with Crippen molar-refractivity contribution < 1.29 is 19.1 Å². The molecule has 1 atom stereocenters. The standard InChI is InChI=1S/C12H14BrFN2O3/c1-16(12(19)10(15)5-11(17)18)6-7-4-8(13)2-3-9(7)14/h2-4,10H,5-6,15H2,1H3,(H,17,18). The summed E-state index contributed by atoms with van der Waals surface area (Å²) in [6, 6.07) is 3.27. The Labute approximate surface area is 118 Å². The number of benzene rings is 1. The third-order valence-corrected chi connectivity index (χ3v) is 3.00. The van der Waals surface area contributed by atoms with Crippen LogP contribution in [-0.4, -0.2) is 35.0 Å². The van der Waals surface area contributed by atoms with Crippen LogP contribution < -0.4 is 5.73 Å². The maximum Gasteiger partial charge on any atom is 0.305 e. The van der Waals surface area contributed by atoms with Crippen molar-refractivity contribution in [1.82, 2.24) is 4.90 Å². The van der Waals surface area contributed by atoms with E-state index >= 15 is 0 Å². The van der Waals surface area contributed by atoms with Gasteiger partial charge >= 0.3 is 5.97 Å². The molecule has 0 heterocycles. The fourth-order valence-electron chi connectivity index (χ4n) is 1.56. The summed E-state index contributed by atoms with van der Waals surface area (Å²) in [7, 11) is 1.45. The molecule has 3 N–H and O–H groups in total. The number of carboxylic acids is 1. The van der Waals surface area contributed by atoms with Crippen molar-refractivity contribution >= 4 is 27.8 Å². The predicted molar refractivity (Wildman–Crippen MR) is 70.8 cm³/mol. The molecule has 0 aliphatic rings. The van der Waals surface area contributed by atoms with Crippen molar-refractivity contribution in [2.45, 2.75) is 19.0 Å². The van der Waals surface area contributed by atoms with Crippen LogP contribution in [0.2, 0.25) is 0 Å². The quantitative estimate of drug-likeness (QED) is 0.852. The van der Waals surface area contributed by atoms with Crippen LogP contribution in [0.3, 0.4) is 0 Å². The van der Waals surface area contributed by atoms with Crippen LogP contribution >= 0.6 is 15.9 Å². The van der Waals surface area contributed by atoms with Crippen LogP contribution in [0.15, 0.2) is 22.7 Å². The van der Waals surface area contributed by atoms with Crippen molar-refractivity contribution in [3.05, 3.63) is 34.1 Å². The molecule has 0 fully saturated rings. The number of nitrogens with zero attached hydrogens (tertiary/aromatic N) is 1. The fourth-order valence-corrected chi connectivity index (χ4v) is 1.96. The first-order chi connectivity index (χ1) is 8.81.